The fourth-order valence-corrected chi connectivity index (χ4v) is 4.18. The Bertz CT molecular complexity index is 1170. The Balaban J connectivity index is 1.76. The predicted octanol–water partition coefficient (Wildman–Crippen LogP) is 4.02. The maximum atomic E-state index is 12.9. The third-order valence-electron chi connectivity index (χ3n) is 4.32. The van der Waals surface area contributed by atoms with Crippen molar-refractivity contribution in [3.05, 3.63) is 70.2 Å². The number of rotatable bonds is 4. The molecule has 0 spiro atoms. The average molecular weight is 412 g/mol. The second-order valence-electron chi connectivity index (χ2n) is 6.16. The zero-order valence-electron chi connectivity index (χ0n) is 14.5. The molecule has 2 heterocycles. The molecule has 0 atom stereocenters. The molecule has 0 radical (unpaired) electrons. The summed E-state index contributed by atoms with van der Waals surface area (Å²) in [6.45, 7) is 0.0233. The summed E-state index contributed by atoms with van der Waals surface area (Å²) >= 11 is 7.00. The number of aromatic nitrogens is 1. The number of amides is 3. The number of halogens is 1. The molecule has 4 rings (SSSR count). The van der Waals surface area contributed by atoms with Gasteiger partial charge in [-0.2, -0.15) is 0 Å². The molecule has 140 valence electrons. The van der Waals surface area contributed by atoms with E-state index < -0.39 is 17.1 Å². The highest BCUT2D eigenvalue weighted by Crippen LogP contribution is 2.39. The number of benzene rings is 2. The highest BCUT2D eigenvalue weighted by atomic mass is 35.5. The Hall–Kier alpha value is -3.03. The zero-order valence-corrected chi connectivity index (χ0v) is 16.0. The fourth-order valence-electron chi connectivity index (χ4n) is 3.14. The third-order valence-corrected chi connectivity index (χ3v) is 5.51. The van der Waals surface area contributed by atoms with Crippen molar-refractivity contribution >= 4 is 63.1 Å². The number of fused-ring (bicyclic) bond motifs is 1. The summed E-state index contributed by atoms with van der Waals surface area (Å²) in [5, 5.41) is 0.766. The van der Waals surface area contributed by atoms with Crippen molar-refractivity contribution in [3.8, 4) is 0 Å². The molecule has 1 aliphatic rings. The predicted molar refractivity (Wildman–Crippen MR) is 111 cm³/mol. The molecule has 0 unspecified atom stereocenters. The Morgan fingerprint density at radius 3 is 2.57 bits per heavy atom. The van der Waals surface area contributed by atoms with Crippen molar-refractivity contribution in [2.75, 3.05) is 4.90 Å². The van der Waals surface area contributed by atoms with Gasteiger partial charge in [-0.1, -0.05) is 41.9 Å². The van der Waals surface area contributed by atoms with Crippen LogP contribution in [0.1, 0.15) is 5.56 Å². The van der Waals surface area contributed by atoms with E-state index in [1.54, 1.807) is 41.1 Å². The summed E-state index contributed by atoms with van der Waals surface area (Å²) in [5.74, 6) is -0.902. The molecule has 0 aliphatic carbocycles. The van der Waals surface area contributed by atoms with E-state index in [4.69, 9.17) is 17.3 Å². The van der Waals surface area contributed by atoms with Crippen molar-refractivity contribution in [1.29, 1.82) is 0 Å². The van der Waals surface area contributed by atoms with E-state index in [1.807, 2.05) is 24.3 Å². The number of imide groups is 1. The quantitative estimate of drug-likeness (QED) is 0.657. The normalized spacial score (nSPS) is 15.8. The van der Waals surface area contributed by atoms with Gasteiger partial charge >= 0.3 is 0 Å². The van der Waals surface area contributed by atoms with Crippen molar-refractivity contribution in [3.63, 3.8) is 0 Å². The van der Waals surface area contributed by atoms with Gasteiger partial charge in [0.25, 0.3) is 11.1 Å². The standard InChI is InChI=1S/C20H14ClN3O3S/c21-14-6-2-4-8-16(14)24-19(26)17(28-20(24)27)9-12-10-23(11-18(22)25)15-7-3-1-5-13(12)15/h1-10H,11H2,(H2,22,25)/b17-9-. The van der Waals surface area contributed by atoms with Crippen LogP contribution >= 0.6 is 23.4 Å². The van der Waals surface area contributed by atoms with E-state index in [-0.39, 0.29) is 11.4 Å². The lowest BCUT2D eigenvalue weighted by atomic mass is 10.1. The van der Waals surface area contributed by atoms with Crippen LogP contribution in [0.25, 0.3) is 17.0 Å². The van der Waals surface area contributed by atoms with Crippen molar-refractivity contribution in [2.45, 2.75) is 6.54 Å². The molecule has 2 N–H and O–H groups in total. The van der Waals surface area contributed by atoms with Gasteiger partial charge in [-0.3, -0.25) is 14.4 Å². The number of nitrogens with two attached hydrogens (primary N) is 1. The number of primary amides is 1. The first-order valence-electron chi connectivity index (χ1n) is 8.34. The topological polar surface area (TPSA) is 85.4 Å². The molecule has 1 fully saturated rings. The summed E-state index contributed by atoms with van der Waals surface area (Å²) in [6.07, 6.45) is 3.40. The fraction of sp³-hybridized carbons (Fsp3) is 0.0500. The smallest absolute Gasteiger partial charge is 0.298 e. The Kier molecular flexibility index (Phi) is 4.70. The minimum absolute atomic E-state index is 0.0233. The van der Waals surface area contributed by atoms with E-state index >= 15 is 0 Å². The Morgan fingerprint density at radius 2 is 1.82 bits per heavy atom. The second kappa shape index (κ2) is 7.18. The van der Waals surface area contributed by atoms with Crippen LogP contribution in [0.15, 0.2) is 59.6 Å². The summed E-state index contributed by atoms with van der Waals surface area (Å²) in [7, 11) is 0. The lowest BCUT2D eigenvalue weighted by Gasteiger charge is -2.13. The van der Waals surface area contributed by atoms with Crippen LogP contribution in [0.4, 0.5) is 10.5 Å². The van der Waals surface area contributed by atoms with E-state index in [0.717, 1.165) is 33.1 Å². The van der Waals surface area contributed by atoms with Crippen molar-refractivity contribution < 1.29 is 14.4 Å². The number of anilines is 1. The molecule has 28 heavy (non-hydrogen) atoms. The minimum Gasteiger partial charge on any atom is -0.368 e. The summed E-state index contributed by atoms with van der Waals surface area (Å²) < 4.78 is 1.72. The molecule has 6 nitrogen and oxygen atoms in total. The molecule has 1 aromatic heterocycles. The highest BCUT2D eigenvalue weighted by Gasteiger charge is 2.37. The first-order valence-corrected chi connectivity index (χ1v) is 9.54. The van der Waals surface area contributed by atoms with Crippen LogP contribution < -0.4 is 10.6 Å². The number of thioether (sulfide) groups is 1. The number of carbonyl (C=O) groups excluding carboxylic acids is 3. The Labute approximate surface area is 169 Å². The van der Waals surface area contributed by atoms with Gasteiger partial charge in [-0.25, -0.2) is 4.90 Å². The van der Waals surface area contributed by atoms with Crippen LogP contribution in [0.5, 0.6) is 0 Å². The van der Waals surface area contributed by atoms with Crippen LogP contribution in [0, 0.1) is 0 Å². The number of carbonyl (C=O) groups is 3. The van der Waals surface area contributed by atoms with Gasteiger partial charge in [0.2, 0.25) is 5.91 Å². The van der Waals surface area contributed by atoms with E-state index in [0.29, 0.717) is 10.7 Å². The minimum atomic E-state index is -0.466. The van der Waals surface area contributed by atoms with Crippen LogP contribution in [-0.2, 0) is 16.1 Å². The lowest BCUT2D eigenvalue weighted by molar-refractivity contribution is -0.118. The third kappa shape index (κ3) is 3.19. The van der Waals surface area contributed by atoms with Gasteiger partial charge in [0.15, 0.2) is 0 Å². The molecule has 8 heteroatoms. The largest absolute Gasteiger partial charge is 0.368 e. The number of hydrogen-bond donors (Lipinski definition) is 1. The molecule has 0 saturated carbocycles. The summed E-state index contributed by atoms with van der Waals surface area (Å²) in [5.41, 5.74) is 7.22. The number of hydrogen-bond acceptors (Lipinski definition) is 4. The van der Waals surface area contributed by atoms with Gasteiger partial charge in [-0.05, 0) is 36.0 Å². The van der Waals surface area contributed by atoms with Gasteiger partial charge in [0, 0.05) is 22.7 Å². The molecular weight excluding hydrogens is 398 g/mol. The van der Waals surface area contributed by atoms with Gasteiger partial charge in [0.1, 0.15) is 6.54 Å². The Morgan fingerprint density at radius 1 is 1.11 bits per heavy atom. The maximum Gasteiger partial charge on any atom is 0.298 e. The van der Waals surface area contributed by atoms with Gasteiger partial charge < -0.3 is 10.3 Å². The molecule has 1 aliphatic heterocycles. The molecule has 3 amide bonds. The van der Waals surface area contributed by atoms with E-state index in [1.165, 1.54) is 0 Å². The van der Waals surface area contributed by atoms with Crippen LogP contribution in [0.3, 0.4) is 0 Å². The molecule has 1 saturated heterocycles. The average Bonchev–Trinajstić information content (AvgIpc) is 3.13. The maximum absolute atomic E-state index is 12.9. The summed E-state index contributed by atoms with van der Waals surface area (Å²) in [4.78, 5) is 38.0. The van der Waals surface area contributed by atoms with Gasteiger partial charge in [-0.15, -0.1) is 0 Å². The monoisotopic (exact) mass is 411 g/mol. The lowest BCUT2D eigenvalue weighted by Crippen LogP contribution is -2.27. The van der Waals surface area contributed by atoms with Crippen molar-refractivity contribution in [2.24, 2.45) is 5.73 Å². The van der Waals surface area contributed by atoms with Crippen molar-refractivity contribution in [1.82, 2.24) is 4.57 Å². The first kappa shape index (κ1) is 18.3. The number of nitrogens with zero attached hydrogens (tertiary/aromatic N) is 2. The molecule has 0 bridgehead atoms. The first-order chi connectivity index (χ1) is 13.5. The van der Waals surface area contributed by atoms with Gasteiger partial charge in [0.05, 0.1) is 15.6 Å². The van der Waals surface area contributed by atoms with Crippen LogP contribution in [-0.4, -0.2) is 21.6 Å². The van der Waals surface area contributed by atoms with E-state index in [9.17, 15) is 14.4 Å². The number of para-hydroxylation sites is 2. The molecular formula is C20H14ClN3O3S. The van der Waals surface area contributed by atoms with E-state index in [2.05, 4.69) is 0 Å². The second-order valence-corrected chi connectivity index (χ2v) is 7.56. The SMILES string of the molecule is NC(=O)Cn1cc(/C=C2\SC(=O)N(c3ccccc3Cl)C2=O)c2ccccc21. The van der Waals surface area contributed by atoms with Crippen LogP contribution in [0.2, 0.25) is 5.02 Å². The molecule has 3 aromatic rings. The molecule has 2 aromatic carbocycles. The highest BCUT2D eigenvalue weighted by molar-refractivity contribution is 8.19. The summed E-state index contributed by atoms with van der Waals surface area (Å²) in [6, 6.07) is 14.2. The zero-order chi connectivity index (χ0) is 19.8.